The number of rotatable bonds is 5. The topological polar surface area (TPSA) is 57.6 Å². The van der Waals surface area contributed by atoms with Crippen molar-refractivity contribution < 1.29 is 14.7 Å². The van der Waals surface area contributed by atoms with Crippen molar-refractivity contribution in [1.29, 1.82) is 0 Å². The Labute approximate surface area is 115 Å². The largest absolute Gasteiger partial charge is 0.480 e. The summed E-state index contributed by atoms with van der Waals surface area (Å²) in [6, 6.07) is 0. The lowest BCUT2D eigenvalue weighted by Crippen LogP contribution is -2.49. The van der Waals surface area contributed by atoms with E-state index in [9.17, 15) is 14.7 Å². The second-order valence-electron chi connectivity index (χ2n) is 4.26. The van der Waals surface area contributed by atoms with Crippen LogP contribution in [0.4, 0.5) is 0 Å². The predicted octanol–water partition coefficient (Wildman–Crippen LogP) is 2.21. The fourth-order valence-corrected chi connectivity index (χ4v) is 8.38. The summed E-state index contributed by atoms with van der Waals surface area (Å²) < 4.78 is -0.715. The van der Waals surface area contributed by atoms with E-state index >= 15 is 0 Å². The number of nitrogens with zero attached hydrogens (tertiary/aromatic N) is 1. The van der Waals surface area contributed by atoms with Crippen LogP contribution in [0.15, 0.2) is 0 Å². The Morgan fingerprint density at radius 3 is 2.06 bits per heavy atom. The zero-order valence-electron chi connectivity index (χ0n) is 11.4. The first-order chi connectivity index (χ1) is 8.39. The molecule has 4 nitrogen and oxygen atoms in total. The van der Waals surface area contributed by atoms with Gasteiger partial charge in [0.05, 0.1) is 0 Å². The zero-order chi connectivity index (χ0) is 14.1. The summed E-state index contributed by atoms with van der Waals surface area (Å²) in [7, 11) is -1.77. The number of carbonyl (C=O) groups excluding carboxylic acids is 1. The predicted molar refractivity (Wildman–Crippen MR) is 79.3 cm³/mol. The Bertz CT molecular complexity index is 393. The van der Waals surface area contributed by atoms with E-state index in [1.165, 1.54) is 4.90 Å². The van der Waals surface area contributed by atoms with Gasteiger partial charge in [-0.1, -0.05) is 33.0 Å². The van der Waals surface area contributed by atoms with Crippen molar-refractivity contribution in [3.63, 3.8) is 0 Å². The Balaban J connectivity index is 3.58. The number of carbonyl (C=O) groups is 2. The highest BCUT2D eigenvalue weighted by molar-refractivity contribution is 8.51. The molecule has 1 amide bonds. The van der Waals surface area contributed by atoms with Crippen molar-refractivity contribution in [2.24, 2.45) is 0 Å². The molecule has 0 radical (unpaired) electrons. The maximum atomic E-state index is 12.6. The SMILES string of the molecule is CCN1C(=O)C(CC)(C(=O)O)S(CC)(CC)C1=S. The Hall–Kier alpha value is -0.620. The minimum Gasteiger partial charge on any atom is -0.480 e. The molecule has 0 aromatic heterocycles. The van der Waals surface area contributed by atoms with Gasteiger partial charge in [0, 0.05) is 6.54 Å². The molecule has 6 heteroatoms. The molecule has 0 aromatic carbocycles. The molecule has 1 unspecified atom stereocenters. The highest BCUT2D eigenvalue weighted by Gasteiger charge is 2.65. The molecule has 18 heavy (non-hydrogen) atoms. The van der Waals surface area contributed by atoms with Gasteiger partial charge in [-0.3, -0.25) is 14.5 Å². The minimum atomic E-state index is -1.77. The molecule has 0 aromatic rings. The average Bonchev–Trinajstić information content (AvgIpc) is 2.54. The van der Waals surface area contributed by atoms with E-state index in [1.807, 2.05) is 20.8 Å². The molecular formula is C12H21NO3S2. The van der Waals surface area contributed by atoms with Gasteiger partial charge in [-0.2, -0.15) is 10.0 Å². The van der Waals surface area contributed by atoms with E-state index in [0.717, 1.165) is 0 Å². The van der Waals surface area contributed by atoms with E-state index < -0.39 is 20.7 Å². The maximum absolute atomic E-state index is 12.6. The van der Waals surface area contributed by atoms with Crippen molar-refractivity contribution in [2.45, 2.75) is 38.9 Å². The van der Waals surface area contributed by atoms with Crippen LogP contribution in [0, 0.1) is 0 Å². The summed E-state index contributed by atoms with van der Waals surface area (Å²) in [5.74, 6) is 0.00537. The molecule has 1 aliphatic heterocycles. The van der Waals surface area contributed by atoms with Crippen molar-refractivity contribution in [2.75, 3.05) is 18.1 Å². The third-order valence-electron chi connectivity index (χ3n) is 3.96. The van der Waals surface area contributed by atoms with E-state index in [1.54, 1.807) is 6.92 Å². The molecule has 1 aliphatic rings. The van der Waals surface area contributed by atoms with Crippen molar-refractivity contribution in [3.05, 3.63) is 0 Å². The van der Waals surface area contributed by atoms with Gasteiger partial charge < -0.3 is 5.11 Å². The maximum Gasteiger partial charge on any atom is 0.328 e. The number of amides is 1. The Morgan fingerprint density at radius 2 is 1.83 bits per heavy atom. The van der Waals surface area contributed by atoms with Crippen LogP contribution in [-0.4, -0.2) is 49.0 Å². The fraction of sp³-hybridized carbons (Fsp3) is 0.750. The molecule has 1 saturated heterocycles. The fourth-order valence-electron chi connectivity index (χ4n) is 2.88. The summed E-state index contributed by atoms with van der Waals surface area (Å²) in [6.45, 7) is 7.98. The minimum absolute atomic E-state index is 0.302. The summed E-state index contributed by atoms with van der Waals surface area (Å²) in [4.78, 5) is 25.9. The summed E-state index contributed by atoms with van der Waals surface area (Å²) in [6.07, 6.45) is 0.314. The summed E-state index contributed by atoms with van der Waals surface area (Å²) >= 11 is 5.46. The third-order valence-corrected chi connectivity index (χ3v) is 9.97. The second kappa shape index (κ2) is 5.17. The van der Waals surface area contributed by atoms with Gasteiger partial charge in [0.2, 0.25) is 0 Å². The van der Waals surface area contributed by atoms with E-state index in [2.05, 4.69) is 0 Å². The summed E-state index contributed by atoms with van der Waals surface area (Å²) in [5, 5.41) is 9.68. The molecule has 1 rings (SSSR count). The number of carboxylic acid groups (broad SMARTS) is 1. The molecule has 1 N–H and O–H groups in total. The normalized spacial score (nSPS) is 28.6. The molecular weight excluding hydrogens is 270 g/mol. The van der Waals surface area contributed by atoms with Gasteiger partial charge in [0.25, 0.3) is 5.91 Å². The number of carboxylic acids is 1. The smallest absolute Gasteiger partial charge is 0.328 e. The lowest BCUT2D eigenvalue weighted by Gasteiger charge is -2.43. The lowest BCUT2D eigenvalue weighted by molar-refractivity contribution is -0.146. The average molecular weight is 291 g/mol. The van der Waals surface area contributed by atoms with Gasteiger partial charge >= 0.3 is 5.97 Å². The summed E-state index contributed by atoms with van der Waals surface area (Å²) in [5.41, 5.74) is 0. The van der Waals surface area contributed by atoms with Crippen LogP contribution in [0.2, 0.25) is 0 Å². The van der Waals surface area contributed by atoms with Crippen LogP contribution in [0.25, 0.3) is 0 Å². The van der Waals surface area contributed by atoms with Gasteiger partial charge in [-0.25, -0.2) is 0 Å². The quantitative estimate of drug-likeness (QED) is 0.623. The van der Waals surface area contributed by atoms with E-state index in [0.29, 0.717) is 28.8 Å². The third kappa shape index (κ3) is 1.54. The van der Waals surface area contributed by atoms with Gasteiger partial charge in [-0.15, -0.1) is 0 Å². The standard InChI is InChI=1S/C12H21NO3S2/c1-5-12(10(15)16)9(14)13(6-2)11(17)18(12,7-3)8-4/h5-8H2,1-4H3,(H,15,16). The number of aliphatic carboxylic acids is 1. The lowest BCUT2D eigenvalue weighted by atomic mass is 10.0. The molecule has 1 atom stereocenters. The Morgan fingerprint density at radius 1 is 1.33 bits per heavy atom. The van der Waals surface area contributed by atoms with E-state index in [4.69, 9.17) is 12.2 Å². The molecule has 104 valence electrons. The molecule has 0 spiro atoms. The molecule has 1 heterocycles. The first-order valence-electron chi connectivity index (χ1n) is 6.27. The monoisotopic (exact) mass is 291 g/mol. The number of hydrogen-bond acceptors (Lipinski definition) is 3. The number of hydrogen-bond donors (Lipinski definition) is 1. The van der Waals surface area contributed by atoms with Crippen LogP contribution >= 0.6 is 22.2 Å². The highest BCUT2D eigenvalue weighted by atomic mass is 32.3. The van der Waals surface area contributed by atoms with Gasteiger partial charge in [0.15, 0.2) is 4.75 Å². The van der Waals surface area contributed by atoms with Crippen LogP contribution in [0.1, 0.15) is 34.1 Å². The van der Waals surface area contributed by atoms with Crippen LogP contribution in [0.5, 0.6) is 0 Å². The van der Waals surface area contributed by atoms with Crippen LogP contribution in [-0.2, 0) is 9.59 Å². The number of thiocarbonyl (C=S) groups is 1. The van der Waals surface area contributed by atoms with E-state index in [-0.39, 0.29) is 5.91 Å². The highest BCUT2D eigenvalue weighted by Crippen LogP contribution is 2.66. The molecule has 1 fully saturated rings. The Kier molecular flexibility index (Phi) is 4.43. The van der Waals surface area contributed by atoms with Crippen LogP contribution in [0.3, 0.4) is 0 Å². The first-order valence-corrected chi connectivity index (χ1v) is 8.65. The van der Waals surface area contributed by atoms with Crippen molar-refractivity contribution in [1.82, 2.24) is 4.90 Å². The second-order valence-corrected chi connectivity index (χ2v) is 8.91. The van der Waals surface area contributed by atoms with Crippen LogP contribution < -0.4 is 0 Å². The zero-order valence-corrected chi connectivity index (χ0v) is 13.0. The first kappa shape index (κ1) is 15.4. The molecule has 0 bridgehead atoms. The van der Waals surface area contributed by atoms with Gasteiger partial charge in [-0.05, 0) is 24.9 Å². The molecule has 0 aliphatic carbocycles. The van der Waals surface area contributed by atoms with Crippen molar-refractivity contribution in [3.8, 4) is 0 Å². The molecule has 0 saturated carbocycles. The van der Waals surface area contributed by atoms with Gasteiger partial charge in [0.1, 0.15) is 4.32 Å². The van der Waals surface area contributed by atoms with Crippen molar-refractivity contribution >= 4 is 38.4 Å².